The normalized spacial score (nSPS) is 21.7. The van der Waals surface area contributed by atoms with Gasteiger partial charge in [0, 0.05) is 18.8 Å². The molecule has 1 rings (SSSR count). The SMILES string of the molecule is CC/C=C\CC(O)/C=C/[C@H]1CCC(=O)[C@@H]1CCCCCCC(=O)OCC. The van der Waals surface area contributed by atoms with Crippen molar-refractivity contribution in [1.29, 1.82) is 0 Å². The number of aliphatic hydroxyl groups is 1. The molecule has 4 nitrogen and oxygen atoms in total. The van der Waals surface area contributed by atoms with Crippen LogP contribution < -0.4 is 0 Å². The molecule has 1 unspecified atom stereocenters. The Morgan fingerprint density at radius 3 is 2.73 bits per heavy atom. The van der Waals surface area contributed by atoms with Crippen LogP contribution in [0.2, 0.25) is 0 Å². The summed E-state index contributed by atoms with van der Waals surface area (Å²) in [5, 5.41) is 9.98. The van der Waals surface area contributed by atoms with Crippen LogP contribution in [0.15, 0.2) is 24.3 Å². The maximum absolute atomic E-state index is 12.2. The van der Waals surface area contributed by atoms with Gasteiger partial charge in [-0.15, -0.1) is 0 Å². The van der Waals surface area contributed by atoms with Crippen molar-refractivity contribution < 1.29 is 19.4 Å². The van der Waals surface area contributed by atoms with E-state index in [9.17, 15) is 14.7 Å². The third-order valence-corrected chi connectivity index (χ3v) is 4.97. The summed E-state index contributed by atoms with van der Waals surface area (Å²) in [4.78, 5) is 23.4. The van der Waals surface area contributed by atoms with Crippen molar-refractivity contribution in [3.63, 3.8) is 0 Å². The van der Waals surface area contributed by atoms with Crippen LogP contribution in [0.4, 0.5) is 0 Å². The Morgan fingerprint density at radius 1 is 1.23 bits per heavy atom. The molecule has 26 heavy (non-hydrogen) atoms. The lowest BCUT2D eigenvalue weighted by Gasteiger charge is -2.15. The highest BCUT2D eigenvalue weighted by Crippen LogP contribution is 2.34. The maximum Gasteiger partial charge on any atom is 0.305 e. The molecular formula is C22H36O4. The van der Waals surface area contributed by atoms with Crippen molar-refractivity contribution in [3.8, 4) is 0 Å². The van der Waals surface area contributed by atoms with E-state index in [1.54, 1.807) is 0 Å². The molecule has 0 radical (unpaired) electrons. The molecule has 4 heteroatoms. The largest absolute Gasteiger partial charge is 0.466 e. The van der Waals surface area contributed by atoms with Crippen LogP contribution in [0.3, 0.4) is 0 Å². The lowest BCUT2D eigenvalue weighted by Crippen LogP contribution is -2.14. The van der Waals surface area contributed by atoms with E-state index in [0.717, 1.165) is 44.9 Å². The first-order valence-corrected chi connectivity index (χ1v) is 10.3. The Hall–Kier alpha value is -1.42. The predicted molar refractivity (Wildman–Crippen MR) is 105 cm³/mol. The summed E-state index contributed by atoms with van der Waals surface area (Å²) in [6.45, 7) is 4.34. The molecule has 0 aromatic rings. The number of allylic oxidation sites excluding steroid dienone is 2. The first kappa shape index (κ1) is 22.6. The molecule has 0 amide bonds. The molecule has 1 N–H and O–H groups in total. The number of rotatable bonds is 13. The second-order valence-corrected chi connectivity index (χ2v) is 7.10. The van der Waals surface area contributed by atoms with E-state index in [1.807, 2.05) is 19.1 Å². The zero-order valence-corrected chi connectivity index (χ0v) is 16.5. The van der Waals surface area contributed by atoms with E-state index in [-0.39, 0.29) is 17.8 Å². The first-order chi connectivity index (χ1) is 12.6. The molecule has 0 bridgehead atoms. The minimum absolute atomic E-state index is 0.106. The van der Waals surface area contributed by atoms with Gasteiger partial charge in [-0.25, -0.2) is 0 Å². The number of esters is 1. The fraction of sp³-hybridized carbons (Fsp3) is 0.727. The second-order valence-electron chi connectivity index (χ2n) is 7.10. The molecule has 0 spiro atoms. The summed E-state index contributed by atoms with van der Waals surface area (Å²) in [6, 6.07) is 0. The van der Waals surface area contributed by atoms with Gasteiger partial charge in [0.2, 0.25) is 0 Å². The molecule has 1 fully saturated rings. The average Bonchev–Trinajstić information content (AvgIpc) is 2.96. The monoisotopic (exact) mass is 364 g/mol. The fourth-order valence-electron chi connectivity index (χ4n) is 3.51. The van der Waals surface area contributed by atoms with Crippen molar-refractivity contribution in [3.05, 3.63) is 24.3 Å². The van der Waals surface area contributed by atoms with Crippen LogP contribution in [-0.4, -0.2) is 29.6 Å². The molecule has 0 saturated heterocycles. The third kappa shape index (κ3) is 9.33. The highest BCUT2D eigenvalue weighted by atomic mass is 16.5. The van der Waals surface area contributed by atoms with Crippen molar-refractivity contribution in [2.45, 2.75) is 84.2 Å². The quantitative estimate of drug-likeness (QED) is 0.291. The van der Waals surface area contributed by atoms with Gasteiger partial charge >= 0.3 is 5.97 Å². The number of hydrogen-bond donors (Lipinski definition) is 1. The number of aliphatic hydroxyl groups excluding tert-OH is 1. The van der Waals surface area contributed by atoms with Crippen LogP contribution in [0.5, 0.6) is 0 Å². The molecular weight excluding hydrogens is 328 g/mol. The van der Waals surface area contributed by atoms with Gasteiger partial charge in [0.15, 0.2) is 0 Å². The molecule has 0 heterocycles. The van der Waals surface area contributed by atoms with Crippen LogP contribution in [0.25, 0.3) is 0 Å². The highest BCUT2D eigenvalue weighted by Gasteiger charge is 2.32. The van der Waals surface area contributed by atoms with E-state index >= 15 is 0 Å². The molecule has 0 aromatic carbocycles. The second kappa shape index (κ2) is 13.7. The molecule has 148 valence electrons. The summed E-state index contributed by atoms with van der Waals surface area (Å²) in [7, 11) is 0. The van der Waals surface area contributed by atoms with Gasteiger partial charge in [-0.05, 0) is 44.9 Å². The number of carbonyl (C=O) groups excluding carboxylic acids is 2. The van der Waals surface area contributed by atoms with Gasteiger partial charge in [0.25, 0.3) is 0 Å². The summed E-state index contributed by atoms with van der Waals surface area (Å²) in [5.41, 5.74) is 0. The van der Waals surface area contributed by atoms with Crippen LogP contribution >= 0.6 is 0 Å². The Bertz CT molecular complexity index is 467. The van der Waals surface area contributed by atoms with E-state index < -0.39 is 6.10 Å². The lowest BCUT2D eigenvalue weighted by atomic mass is 9.89. The van der Waals surface area contributed by atoms with E-state index in [4.69, 9.17) is 4.74 Å². The fourth-order valence-corrected chi connectivity index (χ4v) is 3.51. The number of unbranched alkanes of at least 4 members (excludes halogenated alkanes) is 3. The van der Waals surface area contributed by atoms with Gasteiger partial charge in [-0.1, -0.05) is 50.5 Å². The number of ketones is 1. The molecule has 1 saturated carbocycles. The Morgan fingerprint density at radius 2 is 2.00 bits per heavy atom. The van der Waals surface area contributed by atoms with Crippen molar-refractivity contribution in [2.75, 3.05) is 6.61 Å². The smallest absolute Gasteiger partial charge is 0.305 e. The van der Waals surface area contributed by atoms with Crippen molar-refractivity contribution in [1.82, 2.24) is 0 Å². The number of hydrogen-bond acceptors (Lipinski definition) is 4. The summed E-state index contributed by atoms with van der Waals surface area (Å²) in [5.74, 6) is 0.629. The predicted octanol–water partition coefficient (Wildman–Crippen LogP) is 4.76. The number of carbonyl (C=O) groups is 2. The van der Waals surface area contributed by atoms with Crippen molar-refractivity contribution >= 4 is 11.8 Å². The Labute approximate surface area is 158 Å². The van der Waals surface area contributed by atoms with Crippen LogP contribution in [-0.2, 0) is 14.3 Å². The average molecular weight is 365 g/mol. The Kier molecular flexibility index (Phi) is 12.0. The topological polar surface area (TPSA) is 63.6 Å². The Balaban J connectivity index is 2.27. The van der Waals surface area contributed by atoms with Gasteiger partial charge < -0.3 is 9.84 Å². The first-order valence-electron chi connectivity index (χ1n) is 10.3. The highest BCUT2D eigenvalue weighted by molar-refractivity contribution is 5.83. The molecule has 3 atom stereocenters. The van der Waals surface area contributed by atoms with E-state index in [0.29, 0.717) is 31.7 Å². The van der Waals surface area contributed by atoms with Gasteiger partial charge in [-0.2, -0.15) is 0 Å². The minimum atomic E-state index is -0.461. The maximum atomic E-state index is 12.2. The zero-order valence-electron chi connectivity index (χ0n) is 16.5. The summed E-state index contributed by atoms with van der Waals surface area (Å²) >= 11 is 0. The summed E-state index contributed by atoms with van der Waals surface area (Å²) in [6.07, 6.45) is 16.0. The van der Waals surface area contributed by atoms with Gasteiger partial charge in [0.1, 0.15) is 5.78 Å². The zero-order chi connectivity index (χ0) is 19.2. The molecule has 1 aliphatic carbocycles. The molecule has 1 aliphatic rings. The molecule has 0 aromatic heterocycles. The minimum Gasteiger partial charge on any atom is -0.466 e. The standard InChI is InChI=1S/C22H36O4/c1-3-5-8-11-19(23)16-14-18-15-17-21(24)20(18)12-9-6-7-10-13-22(25)26-4-2/h5,8,14,16,18-20,23H,3-4,6-7,9-13,15,17H2,1-2H3/b8-5-,16-14+/t18-,19?,20+/m0/s1. The molecule has 0 aliphatic heterocycles. The van der Waals surface area contributed by atoms with E-state index in [1.165, 1.54) is 0 Å². The van der Waals surface area contributed by atoms with E-state index in [2.05, 4.69) is 19.1 Å². The van der Waals surface area contributed by atoms with Gasteiger partial charge in [0.05, 0.1) is 12.7 Å². The number of Topliss-reactive ketones (excluding diaryl/α,β-unsaturated/α-hetero) is 1. The lowest BCUT2D eigenvalue weighted by molar-refractivity contribution is -0.143. The third-order valence-electron chi connectivity index (χ3n) is 4.97. The van der Waals surface area contributed by atoms with Gasteiger partial charge in [-0.3, -0.25) is 9.59 Å². The van der Waals surface area contributed by atoms with Crippen LogP contribution in [0.1, 0.15) is 78.1 Å². The van der Waals surface area contributed by atoms with Crippen molar-refractivity contribution in [2.24, 2.45) is 11.8 Å². The summed E-state index contributed by atoms with van der Waals surface area (Å²) < 4.78 is 4.92. The number of ether oxygens (including phenoxy) is 1. The van der Waals surface area contributed by atoms with Crippen LogP contribution in [0, 0.1) is 11.8 Å².